The summed E-state index contributed by atoms with van der Waals surface area (Å²) < 4.78 is 0. The third kappa shape index (κ3) is 4.19. The lowest BCUT2D eigenvalue weighted by Gasteiger charge is -2.26. The van der Waals surface area contributed by atoms with Crippen LogP contribution in [-0.4, -0.2) is 29.8 Å². The molecular weight excluding hydrogens is 432 g/mol. The number of carbonyl (C=O) groups is 2. The number of carbonyl (C=O) groups excluding carboxylic acids is 2. The number of fused-ring (bicyclic) bond motifs is 2. The van der Waals surface area contributed by atoms with Gasteiger partial charge in [0.1, 0.15) is 0 Å². The molecule has 2 aliphatic heterocycles. The maximum Gasteiger partial charge on any atom is 0.254 e. The number of likely N-dealkylation sites (tertiary alicyclic amines) is 1. The van der Waals surface area contributed by atoms with E-state index < -0.39 is 0 Å². The number of hydrogen-bond acceptors (Lipinski definition) is 2. The van der Waals surface area contributed by atoms with Crippen molar-refractivity contribution < 1.29 is 9.59 Å². The smallest absolute Gasteiger partial charge is 0.254 e. The van der Waals surface area contributed by atoms with Gasteiger partial charge in [0.15, 0.2) is 0 Å². The molecule has 0 atom stereocenters. The Morgan fingerprint density at radius 2 is 1.64 bits per heavy atom. The number of hydrogen-bond donors (Lipinski definition) is 0. The van der Waals surface area contributed by atoms with Crippen LogP contribution in [0.3, 0.4) is 0 Å². The second-order valence-electron chi connectivity index (χ2n) is 8.60. The van der Waals surface area contributed by atoms with E-state index in [1.807, 2.05) is 53.4 Å². The molecule has 0 aliphatic carbocycles. The minimum Gasteiger partial charge on any atom is -0.339 e. The quantitative estimate of drug-likeness (QED) is 0.455. The fraction of sp³-hybridized carbons (Fsp3) is 0.214. The average Bonchev–Trinajstić information content (AvgIpc) is 3.35. The first-order valence-corrected chi connectivity index (χ1v) is 11.7. The topological polar surface area (TPSA) is 40.6 Å². The number of rotatable bonds is 2. The highest BCUT2D eigenvalue weighted by Crippen LogP contribution is 2.34. The van der Waals surface area contributed by atoms with E-state index in [0.717, 1.165) is 65.0 Å². The largest absolute Gasteiger partial charge is 0.339 e. The van der Waals surface area contributed by atoms with Crippen LogP contribution in [0.25, 0.3) is 23.3 Å². The van der Waals surface area contributed by atoms with E-state index in [9.17, 15) is 9.59 Å². The summed E-state index contributed by atoms with van der Waals surface area (Å²) >= 11 is 6.21. The van der Waals surface area contributed by atoms with E-state index in [1.165, 1.54) is 0 Å². The predicted molar refractivity (Wildman–Crippen MR) is 134 cm³/mol. The van der Waals surface area contributed by atoms with Crippen molar-refractivity contribution in [1.82, 2.24) is 4.90 Å². The molecule has 5 rings (SSSR count). The molecule has 2 amide bonds. The Morgan fingerprint density at radius 1 is 0.879 bits per heavy atom. The molecule has 2 heterocycles. The Kier molecular flexibility index (Phi) is 5.77. The normalized spacial score (nSPS) is 15.0. The maximum atomic E-state index is 13.2. The fourth-order valence-corrected chi connectivity index (χ4v) is 4.89. The lowest BCUT2D eigenvalue weighted by Crippen LogP contribution is -2.29. The number of nitrogens with zero attached hydrogens (tertiary/aromatic N) is 2. The molecule has 0 unspecified atom stereocenters. The maximum absolute atomic E-state index is 13.2. The highest BCUT2D eigenvalue weighted by Gasteiger charge is 2.23. The molecule has 1 saturated heterocycles. The summed E-state index contributed by atoms with van der Waals surface area (Å²) in [6, 6.07) is 19.6. The van der Waals surface area contributed by atoms with E-state index in [-0.39, 0.29) is 11.8 Å². The molecule has 0 N–H and O–H groups in total. The predicted octanol–water partition coefficient (Wildman–Crippen LogP) is 6.28. The summed E-state index contributed by atoms with van der Waals surface area (Å²) in [5, 5.41) is 0.636. The molecule has 2 aliphatic rings. The number of benzene rings is 3. The number of halogens is 1. The number of anilines is 1. The van der Waals surface area contributed by atoms with E-state index >= 15 is 0 Å². The van der Waals surface area contributed by atoms with Gasteiger partial charge >= 0.3 is 0 Å². The molecule has 166 valence electrons. The van der Waals surface area contributed by atoms with Gasteiger partial charge in [-0.1, -0.05) is 54.1 Å². The Labute approximate surface area is 199 Å². The second-order valence-corrected chi connectivity index (χ2v) is 9.04. The third-order valence-corrected chi connectivity index (χ3v) is 6.67. The first-order valence-electron chi connectivity index (χ1n) is 11.3. The van der Waals surface area contributed by atoms with Crippen molar-refractivity contribution in [2.24, 2.45) is 0 Å². The average molecular weight is 457 g/mol. The van der Waals surface area contributed by atoms with Crippen LogP contribution in [0.1, 0.15) is 46.8 Å². The monoisotopic (exact) mass is 456 g/mol. The van der Waals surface area contributed by atoms with Crippen molar-refractivity contribution in [3.05, 3.63) is 87.9 Å². The molecule has 3 aromatic rings. The summed E-state index contributed by atoms with van der Waals surface area (Å²) in [4.78, 5) is 29.5. The van der Waals surface area contributed by atoms with Gasteiger partial charge in [0.25, 0.3) is 5.91 Å². The van der Waals surface area contributed by atoms with Crippen LogP contribution in [0, 0.1) is 0 Å². The molecule has 0 aromatic heterocycles. The van der Waals surface area contributed by atoms with Gasteiger partial charge in [-0.15, -0.1) is 0 Å². The molecule has 0 bridgehead atoms. The second kappa shape index (κ2) is 8.87. The van der Waals surface area contributed by atoms with Crippen molar-refractivity contribution in [1.29, 1.82) is 0 Å². The van der Waals surface area contributed by atoms with Crippen LogP contribution in [0.2, 0.25) is 5.02 Å². The first-order chi connectivity index (χ1) is 16.0. The Balaban J connectivity index is 1.58. The summed E-state index contributed by atoms with van der Waals surface area (Å²) in [6.45, 7) is 3.66. The van der Waals surface area contributed by atoms with Gasteiger partial charge in [0.2, 0.25) is 5.91 Å². The molecular formula is C28H25ClN2O2. The standard InChI is InChI=1S/C28H25ClN2O2/c1-19(32)31-18-23-16-21(10-8-20(23)9-11-22-17-24(29)12-13-27(22)31)25-6-2-3-7-26(25)28(33)30-14-4-5-15-30/h2-3,6-13,16-17H,4-5,14-15,18H2,1H3. The van der Waals surface area contributed by atoms with Crippen molar-refractivity contribution in [2.75, 3.05) is 18.0 Å². The van der Waals surface area contributed by atoms with Gasteiger partial charge < -0.3 is 9.80 Å². The molecule has 5 heteroatoms. The van der Waals surface area contributed by atoms with Crippen molar-refractivity contribution >= 4 is 41.3 Å². The van der Waals surface area contributed by atoms with Crippen LogP contribution >= 0.6 is 11.6 Å². The van der Waals surface area contributed by atoms with E-state index in [0.29, 0.717) is 11.6 Å². The number of amides is 2. The highest BCUT2D eigenvalue weighted by atomic mass is 35.5. The van der Waals surface area contributed by atoms with Crippen LogP contribution < -0.4 is 4.90 Å². The summed E-state index contributed by atoms with van der Waals surface area (Å²) in [5.41, 5.74) is 6.44. The van der Waals surface area contributed by atoms with Gasteiger partial charge in [-0.25, -0.2) is 0 Å². The van der Waals surface area contributed by atoms with Crippen molar-refractivity contribution in [3.63, 3.8) is 0 Å². The minimum atomic E-state index is -0.0326. The van der Waals surface area contributed by atoms with Gasteiger partial charge in [0, 0.05) is 30.6 Å². The minimum absolute atomic E-state index is 0.0326. The lowest BCUT2D eigenvalue weighted by molar-refractivity contribution is -0.116. The molecule has 0 spiro atoms. The Morgan fingerprint density at radius 3 is 2.42 bits per heavy atom. The molecule has 0 saturated carbocycles. The summed E-state index contributed by atoms with van der Waals surface area (Å²) in [6.07, 6.45) is 6.19. The summed E-state index contributed by atoms with van der Waals surface area (Å²) in [5.74, 6) is 0.0562. The Hall–Kier alpha value is -3.37. The van der Waals surface area contributed by atoms with Crippen LogP contribution in [0.4, 0.5) is 5.69 Å². The van der Waals surface area contributed by atoms with E-state index in [2.05, 4.69) is 24.3 Å². The molecule has 1 fully saturated rings. The van der Waals surface area contributed by atoms with Gasteiger partial charge in [0.05, 0.1) is 12.2 Å². The zero-order chi connectivity index (χ0) is 22.9. The van der Waals surface area contributed by atoms with Gasteiger partial charge in [-0.2, -0.15) is 0 Å². The van der Waals surface area contributed by atoms with Crippen LogP contribution in [-0.2, 0) is 11.3 Å². The SMILES string of the molecule is CC(=O)N1Cc2cc(-c3ccccc3C(=O)N3CCCC3)ccc2C=Cc2cc(Cl)ccc21. The van der Waals surface area contributed by atoms with Crippen molar-refractivity contribution in [2.45, 2.75) is 26.3 Å². The summed E-state index contributed by atoms with van der Waals surface area (Å²) in [7, 11) is 0. The van der Waals surface area contributed by atoms with Crippen LogP contribution in [0.15, 0.2) is 60.7 Å². The zero-order valence-electron chi connectivity index (χ0n) is 18.6. The zero-order valence-corrected chi connectivity index (χ0v) is 19.3. The van der Waals surface area contributed by atoms with Crippen LogP contribution in [0.5, 0.6) is 0 Å². The molecule has 4 nitrogen and oxygen atoms in total. The fourth-order valence-electron chi connectivity index (χ4n) is 4.71. The van der Waals surface area contributed by atoms with Gasteiger partial charge in [-0.05, 0) is 71.0 Å². The third-order valence-electron chi connectivity index (χ3n) is 6.44. The van der Waals surface area contributed by atoms with E-state index in [4.69, 9.17) is 11.6 Å². The highest BCUT2D eigenvalue weighted by molar-refractivity contribution is 6.31. The Bertz CT molecular complexity index is 1270. The molecule has 0 radical (unpaired) electrons. The van der Waals surface area contributed by atoms with Gasteiger partial charge in [-0.3, -0.25) is 9.59 Å². The first kappa shape index (κ1) is 21.5. The van der Waals surface area contributed by atoms with E-state index in [1.54, 1.807) is 11.8 Å². The van der Waals surface area contributed by atoms with Crippen molar-refractivity contribution in [3.8, 4) is 11.1 Å². The molecule has 33 heavy (non-hydrogen) atoms. The lowest BCUT2D eigenvalue weighted by atomic mass is 9.93. The molecule has 3 aromatic carbocycles.